The molecule has 2 unspecified atom stereocenters. The molecule has 5 nitrogen and oxygen atoms in total. The van der Waals surface area contributed by atoms with Gasteiger partial charge in [0.25, 0.3) is 5.91 Å². The lowest BCUT2D eigenvalue weighted by atomic mass is 9.97. The second kappa shape index (κ2) is 6.36. The van der Waals surface area contributed by atoms with Crippen molar-refractivity contribution in [2.24, 2.45) is 5.73 Å². The molecule has 0 radical (unpaired) electrons. The van der Waals surface area contributed by atoms with Crippen LogP contribution in [0.3, 0.4) is 0 Å². The van der Waals surface area contributed by atoms with Crippen molar-refractivity contribution >= 4 is 11.6 Å². The Morgan fingerprint density at radius 1 is 1.28 bits per heavy atom. The van der Waals surface area contributed by atoms with Crippen molar-refractivity contribution in [1.29, 1.82) is 0 Å². The number of β-amino-alcohol motifs (C(OH)–C–C–N with tert-alkyl or cyclic N) is 1. The molecule has 1 amide bonds. The van der Waals surface area contributed by atoms with E-state index in [-0.39, 0.29) is 24.2 Å². The first-order chi connectivity index (χ1) is 11.8. The van der Waals surface area contributed by atoms with Gasteiger partial charge in [-0.1, -0.05) is 18.2 Å². The highest BCUT2D eigenvalue weighted by molar-refractivity contribution is 5.91. The number of nitrogens with zero attached hydrogens (tertiary/aromatic N) is 2. The van der Waals surface area contributed by atoms with Crippen molar-refractivity contribution in [2.45, 2.75) is 24.7 Å². The van der Waals surface area contributed by atoms with Gasteiger partial charge in [0.05, 0.1) is 17.7 Å². The van der Waals surface area contributed by atoms with Gasteiger partial charge in [0, 0.05) is 18.4 Å². The lowest BCUT2D eigenvalue weighted by Crippen LogP contribution is -2.26. The van der Waals surface area contributed by atoms with Crippen LogP contribution in [0.25, 0.3) is 0 Å². The van der Waals surface area contributed by atoms with Crippen molar-refractivity contribution in [3.63, 3.8) is 0 Å². The molecule has 2 atom stereocenters. The van der Waals surface area contributed by atoms with Crippen molar-refractivity contribution in [2.75, 3.05) is 11.4 Å². The second-order valence-electron chi connectivity index (χ2n) is 5.91. The van der Waals surface area contributed by atoms with Crippen LogP contribution in [-0.4, -0.2) is 28.6 Å². The van der Waals surface area contributed by atoms with Gasteiger partial charge in [-0.15, -0.1) is 0 Å². The third-order valence-corrected chi connectivity index (χ3v) is 4.23. The highest BCUT2D eigenvalue weighted by Crippen LogP contribution is 2.42. The minimum atomic E-state index is -4.49. The van der Waals surface area contributed by atoms with Gasteiger partial charge in [0.1, 0.15) is 5.69 Å². The summed E-state index contributed by atoms with van der Waals surface area (Å²) in [7, 11) is 0. The predicted molar refractivity (Wildman–Crippen MR) is 84.9 cm³/mol. The van der Waals surface area contributed by atoms with E-state index in [1.807, 2.05) is 0 Å². The summed E-state index contributed by atoms with van der Waals surface area (Å²) in [5.41, 5.74) is 5.08. The van der Waals surface area contributed by atoms with Gasteiger partial charge in [0.2, 0.25) is 0 Å². The third-order valence-electron chi connectivity index (χ3n) is 4.23. The number of halogens is 3. The average Bonchev–Trinajstić information content (AvgIpc) is 2.96. The summed E-state index contributed by atoms with van der Waals surface area (Å²) >= 11 is 0. The number of hydrogen-bond acceptors (Lipinski definition) is 4. The number of hydrogen-bond donors (Lipinski definition) is 2. The number of benzene rings is 1. The number of carbonyl (C=O) groups is 1. The minimum Gasteiger partial charge on any atom is -0.391 e. The van der Waals surface area contributed by atoms with Crippen molar-refractivity contribution in [1.82, 2.24) is 4.98 Å². The molecule has 1 aliphatic rings. The maximum atomic E-state index is 13.3. The molecule has 2 aromatic rings. The molecule has 1 aromatic heterocycles. The molecule has 0 bridgehead atoms. The zero-order chi connectivity index (χ0) is 18.2. The second-order valence-corrected chi connectivity index (χ2v) is 5.91. The van der Waals surface area contributed by atoms with Crippen LogP contribution in [0.4, 0.5) is 18.9 Å². The fraction of sp³-hybridized carbons (Fsp3) is 0.294. The SMILES string of the molecule is NC(=O)c1cc(N2CC(O)CC2c2ccccc2C(F)(F)F)ccn1. The Morgan fingerprint density at radius 2 is 2.00 bits per heavy atom. The number of aliphatic hydroxyl groups excluding tert-OH is 1. The topological polar surface area (TPSA) is 79.5 Å². The Hall–Kier alpha value is -2.61. The first-order valence-electron chi connectivity index (χ1n) is 7.64. The van der Waals surface area contributed by atoms with Crippen LogP contribution in [0.5, 0.6) is 0 Å². The van der Waals surface area contributed by atoms with Crippen molar-refractivity contribution in [3.05, 3.63) is 59.4 Å². The summed E-state index contributed by atoms with van der Waals surface area (Å²) in [6.45, 7) is 0.152. The third kappa shape index (κ3) is 3.43. The lowest BCUT2D eigenvalue weighted by Gasteiger charge is -2.29. The molecule has 2 heterocycles. The van der Waals surface area contributed by atoms with Gasteiger partial charge < -0.3 is 15.7 Å². The number of pyridine rings is 1. The Balaban J connectivity index is 2.05. The molecule has 1 fully saturated rings. The number of carbonyl (C=O) groups excluding carboxylic acids is 1. The normalized spacial score (nSPS) is 20.7. The van der Waals surface area contributed by atoms with E-state index < -0.39 is 29.8 Å². The van der Waals surface area contributed by atoms with Gasteiger partial charge in [0.15, 0.2) is 0 Å². The van der Waals surface area contributed by atoms with Crippen LogP contribution in [0.15, 0.2) is 42.6 Å². The molecule has 8 heteroatoms. The summed E-state index contributed by atoms with van der Waals surface area (Å²) < 4.78 is 40.0. The summed E-state index contributed by atoms with van der Waals surface area (Å²) in [5.74, 6) is -0.728. The van der Waals surface area contributed by atoms with Crippen LogP contribution in [0.2, 0.25) is 0 Å². The zero-order valence-electron chi connectivity index (χ0n) is 13.1. The summed E-state index contributed by atoms with van der Waals surface area (Å²) in [4.78, 5) is 16.8. The van der Waals surface area contributed by atoms with E-state index >= 15 is 0 Å². The molecule has 3 rings (SSSR count). The fourth-order valence-corrected chi connectivity index (χ4v) is 3.17. The number of alkyl halides is 3. The molecule has 25 heavy (non-hydrogen) atoms. The van der Waals surface area contributed by atoms with Gasteiger partial charge in [-0.05, 0) is 30.2 Å². The van der Waals surface area contributed by atoms with Gasteiger partial charge in [-0.2, -0.15) is 13.2 Å². The standard InChI is InChI=1S/C17H16F3N3O2/c18-17(19,20)13-4-2-1-3-12(13)15-8-11(24)9-23(15)10-5-6-22-14(7-10)16(21)25/h1-7,11,15,24H,8-9H2,(H2,21,25). The number of anilines is 1. The average molecular weight is 351 g/mol. The highest BCUT2D eigenvalue weighted by Gasteiger charge is 2.40. The molecular formula is C17H16F3N3O2. The number of nitrogens with two attached hydrogens (primary N) is 1. The maximum absolute atomic E-state index is 13.3. The molecule has 0 spiro atoms. The molecule has 3 N–H and O–H groups in total. The van der Waals surface area contributed by atoms with Gasteiger partial charge in [-0.3, -0.25) is 9.78 Å². The number of primary amides is 1. The smallest absolute Gasteiger partial charge is 0.391 e. The zero-order valence-corrected chi connectivity index (χ0v) is 13.1. The summed E-state index contributed by atoms with van der Waals surface area (Å²) in [6, 6.07) is 7.64. The molecular weight excluding hydrogens is 335 g/mol. The molecule has 132 valence electrons. The molecule has 0 aliphatic carbocycles. The highest BCUT2D eigenvalue weighted by atomic mass is 19.4. The number of aliphatic hydroxyl groups is 1. The summed E-state index contributed by atoms with van der Waals surface area (Å²) in [5, 5.41) is 10.0. The molecule has 1 saturated heterocycles. The Kier molecular flexibility index (Phi) is 4.38. The van der Waals surface area contributed by atoms with Crippen LogP contribution < -0.4 is 10.6 Å². The monoisotopic (exact) mass is 351 g/mol. The number of rotatable bonds is 3. The van der Waals surface area contributed by atoms with E-state index in [2.05, 4.69) is 4.98 Å². The molecule has 0 saturated carbocycles. The molecule has 1 aliphatic heterocycles. The summed E-state index contributed by atoms with van der Waals surface area (Å²) in [6.07, 6.45) is -3.75. The van der Waals surface area contributed by atoms with Crippen LogP contribution in [-0.2, 0) is 6.18 Å². The Morgan fingerprint density at radius 3 is 2.68 bits per heavy atom. The van der Waals surface area contributed by atoms with Gasteiger partial charge >= 0.3 is 6.18 Å². The first kappa shape index (κ1) is 17.2. The number of aromatic nitrogens is 1. The Labute approximate surface area is 141 Å². The van der Waals surface area contributed by atoms with Crippen molar-refractivity contribution in [3.8, 4) is 0 Å². The minimum absolute atomic E-state index is 0.0155. The maximum Gasteiger partial charge on any atom is 0.416 e. The van der Waals surface area contributed by atoms with Crippen LogP contribution in [0, 0.1) is 0 Å². The Bertz CT molecular complexity index is 795. The number of amides is 1. The predicted octanol–water partition coefficient (Wildman–Crippen LogP) is 2.51. The molecule has 1 aromatic carbocycles. The van der Waals surface area contributed by atoms with Crippen LogP contribution >= 0.6 is 0 Å². The van der Waals surface area contributed by atoms with E-state index in [9.17, 15) is 23.1 Å². The first-order valence-corrected chi connectivity index (χ1v) is 7.64. The van der Waals surface area contributed by atoms with E-state index in [1.165, 1.54) is 30.5 Å². The van der Waals surface area contributed by atoms with Crippen LogP contribution in [0.1, 0.15) is 34.1 Å². The van der Waals surface area contributed by atoms with E-state index in [1.54, 1.807) is 11.0 Å². The quantitative estimate of drug-likeness (QED) is 0.891. The van der Waals surface area contributed by atoms with Gasteiger partial charge in [-0.25, -0.2) is 0 Å². The largest absolute Gasteiger partial charge is 0.416 e. The fourth-order valence-electron chi connectivity index (χ4n) is 3.17. The van der Waals surface area contributed by atoms with E-state index in [0.717, 1.165) is 6.07 Å². The van der Waals surface area contributed by atoms with Crippen molar-refractivity contribution < 1.29 is 23.1 Å². The van der Waals surface area contributed by atoms with E-state index in [4.69, 9.17) is 5.73 Å². The van der Waals surface area contributed by atoms with E-state index in [0.29, 0.717) is 5.69 Å². The lowest BCUT2D eigenvalue weighted by molar-refractivity contribution is -0.138.